The van der Waals surface area contributed by atoms with Crippen LogP contribution >= 0.6 is 11.6 Å². The molecule has 0 radical (unpaired) electrons. The summed E-state index contributed by atoms with van der Waals surface area (Å²) in [4.78, 5) is 18.6. The van der Waals surface area contributed by atoms with Crippen molar-refractivity contribution in [2.24, 2.45) is 0 Å². The van der Waals surface area contributed by atoms with E-state index in [-0.39, 0.29) is 29.5 Å². The van der Waals surface area contributed by atoms with E-state index in [1.807, 2.05) is 6.92 Å². The maximum absolute atomic E-state index is 14.6. The SMILES string of the molecule is C[C@@]12COCCN1c1cc(OCc3ccc(Oc4ccc(Cl)c(C(F)(F)F)c4)c(F)c3)nc(=O)n1C2. The number of morpholine rings is 1. The lowest BCUT2D eigenvalue weighted by Crippen LogP contribution is -2.53. The predicted octanol–water partition coefficient (Wildman–Crippen LogP) is 5.03. The fraction of sp³-hybridized carbons (Fsp3) is 0.333. The average Bonchev–Trinajstić information content (AvgIpc) is 3.12. The van der Waals surface area contributed by atoms with Crippen molar-refractivity contribution in [1.82, 2.24) is 9.55 Å². The van der Waals surface area contributed by atoms with E-state index in [1.165, 1.54) is 18.2 Å². The quantitative estimate of drug-likeness (QED) is 0.435. The molecule has 2 aliphatic heterocycles. The van der Waals surface area contributed by atoms with E-state index in [0.29, 0.717) is 43.8 Å². The smallest absolute Gasteiger partial charge is 0.417 e. The van der Waals surface area contributed by atoms with Crippen molar-refractivity contribution in [3.63, 3.8) is 0 Å². The van der Waals surface area contributed by atoms with E-state index in [4.69, 9.17) is 25.8 Å². The molecule has 0 unspecified atom stereocenters. The Balaban J connectivity index is 1.30. The first-order valence-corrected chi connectivity index (χ1v) is 11.3. The average molecular weight is 526 g/mol. The van der Waals surface area contributed by atoms with Gasteiger partial charge in [0.15, 0.2) is 11.6 Å². The number of benzene rings is 2. The molecule has 1 aromatic heterocycles. The molecule has 36 heavy (non-hydrogen) atoms. The van der Waals surface area contributed by atoms with Crippen molar-refractivity contribution in [3.05, 3.63) is 74.9 Å². The molecule has 3 heterocycles. The predicted molar refractivity (Wildman–Crippen MR) is 122 cm³/mol. The number of alkyl halides is 3. The monoisotopic (exact) mass is 525 g/mol. The van der Waals surface area contributed by atoms with Crippen LogP contribution in [0.25, 0.3) is 0 Å². The summed E-state index contributed by atoms with van der Waals surface area (Å²) in [7, 11) is 0. The van der Waals surface area contributed by atoms with Crippen LogP contribution in [0.1, 0.15) is 18.1 Å². The summed E-state index contributed by atoms with van der Waals surface area (Å²) in [5.41, 5.74) is -1.46. The third-order valence-corrected chi connectivity index (χ3v) is 6.45. The molecule has 5 rings (SSSR count). The Morgan fingerprint density at radius 3 is 2.75 bits per heavy atom. The molecule has 0 aliphatic carbocycles. The normalized spacial score (nSPS) is 19.1. The molecule has 1 saturated heterocycles. The fourth-order valence-corrected chi connectivity index (χ4v) is 4.59. The molecule has 0 spiro atoms. The highest BCUT2D eigenvalue weighted by Crippen LogP contribution is 2.38. The van der Waals surface area contributed by atoms with Gasteiger partial charge in [-0.25, -0.2) is 9.18 Å². The molecule has 1 fully saturated rings. The number of nitrogens with zero attached hydrogens (tertiary/aromatic N) is 3. The topological polar surface area (TPSA) is 65.8 Å². The van der Waals surface area contributed by atoms with Crippen LogP contribution < -0.4 is 20.1 Å². The van der Waals surface area contributed by atoms with Crippen LogP contribution in [0.5, 0.6) is 17.4 Å². The Kier molecular flexibility index (Phi) is 6.08. The van der Waals surface area contributed by atoms with Crippen LogP contribution in [0.2, 0.25) is 5.02 Å². The number of aromatic nitrogens is 2. The summed E-state index contributed by atoms with van der Waals surface area (Å²) in [6.07, 6.45) is -4.68. The van der Waals surface area contributed by atoms with E-state index in [2.05, 4.69) is 9.88 Å². The van der Waals surface area contributed by atoms with Crippen molar-refractivity contribution >= 4 is 17.4 Å². The van der Waals surface area contributed by atoms with E-state index in [0.717, 1.165) is 12.1 Å². The summed E-state index contributed by atoms with van der Waals surface area (Å²) >= 11 is 5.60. The fourth-order valence-electron chi connectivity index (χ4n) is 4.36. The van der Waals surface area contributed by atoms with Crippen LogP contribution in [-0.4, -0.2) is 34.8 Å². The summed E-state index contributed by atoms with van der Waals surface area (Å²) in [5, 5.41) is -0.485. The lowest BCUT2D eigenvalue weighted by Gasteiger charge is -2.39. The largest absolute Gasteiger partial charge is 0.473 e. The van der Waals surface area contributed by atoms with E-state index in [1.54, 1.807) is 10.6 Å². The van der Waals surface area contributed by atoms with Gasteiger partial charge in [0.2, 0.25) is 5.88 Å². The van der Waals surface area contributed by atoms with Gasteiger partial charge in [-0.1, -0.05) is 17.7 Å². The highest BCUT2D eigenvalue weighted by Gasteiger charge is 2.43. The zero-order valence-electron chi connectivity index (χ0n) is 18.9. The van der Waals surface area contributed by atoms with Gasteiger partial charge < -0.3 is 19.1 Å². The lowest BCUT2D eigenvalue weighted by molar-refractivity contribution is -0.137. The van der Waals surface area contributed by atoms with Crippen LogP contribution in [0, 0.1) is 5.82 Å². The first-order chi connectivity index (χ1) is 17.0. The molecule has 3 aromatic rings. The molecule has 12 heteroatoms. The zero-order chi connectivity index (χ0) is 25.7. The Labute approximate surface area is 207 Å². The first kappa shape index (κ1) is 24.4. The number of ether oxygens (including phenoxy) is 3. The standard InChI is InChI=1S/C24H20ClF4N3O4/c1-23-12-31-21(32(23)6-7-34-13-23)10-20(30-22(31)33)35-11-14-2-5-19(18(26)8-14)36-15-3-4-17(25)16(9-15)24(27,28)29/h2-5,8-10H,6-7,11-13H2,1H3/t23-/m1/s1. The summed E-state index contributed by atoms with van der Waals surface area (Å²) in [6.45, 7) is 4.05. The summed E-state index contributed by atoms with van der Waals surface area (Å²) in [6, 6.07) is 8.53. The molecule has 0 amide bonds. The minimum Gasteiger partial charge on any atom is -0.473 e. The van der Waals surface area contributed by atoms with Gasteiger partial charge >= 0.3 is 11.9 Å². The second-order valence-electron chi connectivity index (χ2n) is 8.82. The molecule has 2 aliphatic rings. The number of fused-ring (bicyclic) bond motifs is 3. The Bertz CT molecular complexity index is 1380. The molecule has 0 N–H and O–H groups in total. The summed E-state index contributed by atoms with van der Waals surface area (Å²) in [5.74, 6) is -0.497. The van der Waals surface area contributed by atoms with Crippen molar-refractivity contribution in [2.45, 2.75) is 31.8 Å². The third-order valence-electron chi connectivity index (χ3n) is 6.12. The number of hydrogen-bond acceptors (Lipinski definition) is 6. The zero-order valence-corrected chi connectivity index (χ0v) is 19.7. The van der Waals surface area contributed by atoms with Gasteiger partial charge in [-0.3, -0.25) is 4.57 Å². The maximum Gasteiger partial charge on any atom is 0.417 e. The van der Waals surface area contributed by atoms with Gasteiger partial charge in [0.1, 0.15) is 18.2 Å². The van der Waals surface area contributed by atoms with Gasteiger partial charge in [0.25, 0.3) is 0 Å². The van der Waals surface area contributed by atoms with E-state index >= 15 is 0 Å². The minimum absolute atomic E-state index is 0.0906. The lowest BCUT2D eigenvalue weighted by atomic mass is 10.0. The van der Waals surface area contributed by atoms with Crippen LogP contribution in [0.15, 0.2) is 47.3 Å². The molecule has 1 atom stereocenters. The number of hydrogen-bond donors (Lipinski definition) is 0. The van der Waals surface area contributed by atoms with Gasteiger partial charge in [-0.05, 0) is 42.8 Å². The Morgan fingerprint density at radius 1 is 1.19 bits per heavy atom. The van der Waals surface area contributed by atoms with Crippen LogP contribution in [0.4, 0.5) is 23.4 Å². The van der Waals surface area contributed by atoms with Crippen molar-refractivity contribution < 1.29 is 31.8 Å². The van der Waals surface area contributed by atoms with E-state index < -0.39 is 28.3 Å². The third kappa shape index (κ3) is 4.60. The number of anilines is 1. The minimum atomic E-state index is -4.68. The van der Waals surface area contributed by atoms with Crippen molar-refractivity contribution in [3.8, 4) is 17.4 Å². The number of halogens is 5. The first-order valence-electron chi connectivity index (χ1n) is 11.0. The second-order valence-corrected chi connectivity index (χ2v) is 9.22. The van der Waals surface area contributed by atoms with Gasteiger partial charge in [0, 0.05) is 12.6 Å². The van der Waals surface area contributed by atoms with Gasteiger partial charge in [-0.15, -0.1) is 0 Å². The molecule has 2 aromatic carbocycles. The van der Waals surface area contributed by atoms with Crippen LogP contribution in [0.3, 0.4) is 0 Å². The molecular weight excluding hydrogens is 506 g/mol. The van der Waals surface area contributed by atoms with Crippen molar-refractivity contribution in [2.75, 3.05) is 24.7 Å². The van der Waals surface area contributed by atoms with Crippen LogP contribution in [-0.2, 0) is 24.1 Å². The number of rotatable bonds is 5. The molecule has 7 nitrogen and oxygen atoms in total. The maximum atomic E-state index is 14.6. The Morgan fingerprint density at radius 2 is 2.00 bits per heavy atom. The summed E-state index contributed by atoms with van der Waals surface area (Å²) < 4.78 is 71.9. The molecular formula is C24H20ClF4N3O4. The van der Waals surface area contributed by atoms with Gasteiger partial charge in [-0.2, -0.15) is 18.2 Å². The molecule has 0 bridgehead atoms. The van der Waals surface area contributed by atoms with E-state index in [9.17, 15) is 22.4 Å². The second kappa shape index (κ2) is 8.97. The van der Waals surface area contributed by atoms with Gasteiger partial charge in [0.05, 0.1) is 35.9 Å². The highest BCUT2D eigenvalue weighted by molar-refractivity contribution is 6.31. The van der Waals surface area contributed by atoms with Crippen molar-refractivity contribution in [1.29, 1.82) is 0 Å². The Hall–Kier alpha value is -3.31. The molecule has 0 saturated carbocycles. The highest BCUT2D eigenvalue weighted by atomic mass is 35.5. The molecule has 190 valence electrons.